The summed E-state index contributed by atoms with van der Waals surface area (Å²) in [6.45, 7) is 3.54. The molecule has 3 aromatic carbocycles. The Bertz CT molecular complexity index is 1110. The van der Waals surface area contributed by atoms with Crippen molar-refractivity contribution in [2.24, 2.45) is 0 Å². The van der Waals surface area contributed by atoms with Gasteiger partial charge in [0.2, 0.25) is 5.91 Å². The molecule has 5 nitrogen and oxygen atoms in total. The molecule has 0 aliphatic heterocycles. The van der Waals surface area contributed by atoms with E-state index in [4.69, 9.17) is 0 Å². The average molecular weight is 520 g/mol. The minimum absolute atomic E-state index is 0.139. The molecule has 0 saturated carbocycles. The first-order valence-corrected chi connectivity index (χ1v) is 11.5. The molecule has 0 saturated heterocycles. The largest absolute Gasteiger partial charge is 0.325 e. The summed E-state index contributed by atoms with van der Waals surface area (Å²) in [5.41, 5.74) is 3.07. The number of hydrogen-bond donors (Lipinski definition) is 1. The summed E-state index contributed by atoms with van der Waals surface area (Å²) in [7, 11) is -3.91. The second kappa shape index (κ2) is 8.96. The maximum atomic E-state index is 13.3. The number of aryl methyl sites for hydroxylation is 2. The molecule has 0 bridgehead atoms. The molecule has 7 heteroatoms. The molecular weight excluding hydrogens is 499 g/mol. The van der Waals surface area contributed by atoms with Crippen molar-refractivity contribution < 1.29 is 13.2 Å². The van der Waals surface area contributed by atoms with E-state index in [1.165, 1.54) is 12.1 Å². The lowest BCUT2D eigenvalue weighted by Crippen LogP contribution is -2.38. The summed E-state index contributed by atoms with van der Waals surface area (Å²) in [5.74, 6) is -0.413. The molecule has 0 fully saturated rings. The highest BCUT2D eigenvalue weighted by atomic mass is 127. The number of hydrogen-bond acceptors (Lipinski definition) is 3. The van der Waals surface area contributed by atoms with Gasteiger partial charge in [-0.1, -0.05) is 24.3 Å². The van der Waals surface area contributed by atoms with E-state index in [1.54, 1.807) is 42.5 Å². The minimum atomic E-state index is -3.91. The van der Waals surface area contributed by atoms with Crippen LogP contribution in [0.25, 0.3) is 0 Å². The van der Waals surface area contributed by atoms with Gasteiger partial charge in [0.15, 0.2) is 0 Å². The fraction of sp³-hybridized carbons (Fsp3) is 0.136. The number of halogens is 1. The summed E-state index contributed by atoms with van der Waals surface area (Å²) >= 11 is 2.18. The van der Waals surface area contributed by atoms with Crippen LogP contribution in [-0.4, -0.2) is 20.9 Å². The summed E-state index contributed by atoms with van der Waals surface area (Å²) in [4.78, 5) is 12.8. The van der Waals surface area contributed by atoms with Gasteiger partial charge in [0.25, 0.3) is 10.0 Å². The van der Waals surface area contributed by atoms with Crippen LogP contribution in [0.4, 0.5) is 11.4 Å². The Morgan fingerprint density at radius 2 is 1.59 bits per heavy atom. The molecule has 0 heterocycles. The van der Waals surface area contributed by atoms with E-state index in [0.717, 1.165) is 19.0 Å². The molecular formula is C22H21IN2O3S. The lowest BCUT2D eigenvalue weighted by Gasteiger charge is -2.25. The SMILES string of the molecule is Cc1ccc(N(CC(=O)Nc2ccc(I)cc2)S(=O)(=O)c2ccccc2)cc1C. The third kappa shape index (κ3) is 5.16. The van der Waals surface area contributed by atoms with Crippen molar-refractivity contribution >= 4 is 49.9 Å². The molecule has 3 rings (SSSR count). The fourth-order valence-electron chi connectivity index (χ4n) is 2.78. The Hall–Kier alpha value is -2.39. The molecule has 0 spiro atoms. The van der Waals surface area contributed by atoms with Gasteiger partial charge in [-0.05, 0) is 96.1 Å². The quantitative estimate of drug-likeness (QED) is 0.478. The zero-order valence-electron chi connectivity index (χ0n) is 16.1. The third-order valence-corrected chi connectivity index (χ3v) is 7.03. The first-order valence-electron chi connectivity index (χ1n) is 8.98. The molecule has 150 valence electrons. The van der Waals surface area contributed by atoms with E-state index in [2.05, 4.69) is 27.9 Å². The van der Waals surface area contributed by atoms with Crippen molar-refractivity contribution in [3.63, 3.8) is 0 Å². The normalized spacial score (nSPS) is 11.1. The second-order valence-electron chi connectivity index (χ2n) is 6.65. The minimum Gasteiger partial charge on any atom is -0.325 e. The van der Waals surface area contributed by atoms with E-state index in [-0.39, 0.29) is 11.4 Å². The summed E-state index contributed by atoms with van der Waals surface area (Å²) < 4.78 is 28.8. The first kappa shape index (κ1) is 21.3. The topological polar surface area (TPSA) is 66.5 Å². The van der Waals surface area contributed by atoms with Crippen molar-refractivity contribution in [3.05, 3.63) is 87.5 Å². The zero-order chi connectivity index (χ0) is 21.0. The number of amides is 1. The van der Waals surface area contributed by atoms with Gasteiger partial charge in [-0.3, -0.25) is 9.10 Å². The number of rotatable bonds is 6. The third-order valence-electron chi connectivity index (χ3n) is 4.52. The van der Waals surface area contributed by atoms with Crippen LogP contribution in [0.15, 0.2) is 77.7 Å². The number of sulfonamides is 1. The Morgan fingerprint density at radius 1 is 0.931 bits per heavy atom. The molecule has 29 heavy (non-hydrogen) atoms. The second-order valence-corrected chi connectivity index (χ2v) is 9.76. The summed E-state index contributed by atoms with van der Waals surface area (Å²) in [5, 5.41) is 2.77. The predicted octanol–water partition coefficient (Wildman–Crippen LogP) is 4.74. The number of nitrogens with one attached hydrogen (secondary N) is 1. The van der Waals surface area contributed by atoms with Crippen molar-refractivity contribution in [2.75, 3.05) is 16.2 Å². The van der Waals surface area contributed by atoms with E-state index in [0.29, 0.717) is 11.4 Å². The number of anilines is 2. The van der Waals surface area contributed by atoms with Gasteiger partial charge in [0, 0.05) is 9.26 Å². The number of carbonyl (C=O) groups excluding carboxylic acids is 1. The fourth-order valence-corrected chi connectivity index (χ4v) is 4.57. The zero-order valence-corrected chi connectivity index (χ0v) is 19.1. The smallest absolute Gasteiger partial charge is 0.264 e. The van der Waals surface area contributed by atoms with Gasteiger partial charge in [0.1, 0.15) is 6.54 Å². The van der Waals surface area contributed by atoms with Crippen molar-refractivity contribution in [1.82, 2.24) is 0 Å². The lowest BCUT2D eigenvalue weighted by molar-refractivity contribution is -0.114. The Labute approximate surface area is 184 Å². The Morgan fingerprint density at radius 3 is 2.21 bits per heavy atom. The maximum absolute atomic E-state index is 13.3. The molecule has 1 N–H and O–H groups in total. The van der Waals surface area contributed by atoms with Crippen LogP contribution >= 0.6 is 22.6 Å². The molecule has 0 radical (unpaired) electrons. The van der Waals surface area contributed by atoms with Gasteiger partial charge < -0.3 is 5.32 Å². The molecule has 0 aliphatic carbocycles. The number of benzene rings is 3. The van der Waals surface area contributed by atoms with Crippen LogP contribution in [0.1, 0.15) is 11.1 Å². The van der Waals surface area contributed by atoms with Gasteiger partial charge in [-0.15, -0.1) is 0 Å². The molecule has 3 aromatic rings. The van der Waals surface area contributed by atoms with Crippen LogP contribution in [0.5, 0.6) is 0 Å². The highest BCUT2D eigenvalue weighted by Gasteiger charge is 2.27. The number of carbonyl (C=O) groups is 1. The first-order chi connectivity index (χ1) is 13.8. The van der Waals surface area contributed by atoms with E-state index in [1.807, 2.05) is 32.0 Å². The van der Waals surface area contributed by atoms with Crippen molar-refractivity contribution in [1.29, 1.82) is 0 Å². The Kier molecular flexibility index (Phi) is 6.59. The molecule has 0 aliphatic rings. The summed E-state index contributed by atoms with van der Waals surface area (Å²) in [6.07, 6.45) is 0. The average Bonchev–Trinajstić information content (AvgIpc) is 2.71. The van der Waals surface area contributed by atoms with Crippen LogP contribution in [-0.2, 0) is 14.8 Å². The highest BCUT2D eigenvalue weighted by Crippen LogP contribution is 2.26. The Balaban J connectivity index is 1.95. The van der Waals surface area contributed by atoms with E-state index in [9.17, 15) is 13.2 Å². The molecule has 0 unspecified atom stereocenters. The van der Waals surface area contributed by atoms with Gasteiger partial charge in [-0.25, -0.2) is 8.42 Å². The van der Waals surface area contributed by atoms with Crippen molar-refractivity contribution in [3.8, 4) is 0 Å². The van der Waals surface area contributed by atoms with Crippen LogP contribution in [0.2, 0.25) is 0 Å². The van der Waals surface area contributed by atoms with Gasteiger partial charge in [0.05, 0.1) is 10.6 Å². The predicted molar refractivity (Wildman–Crippen MR) is 125 cm³/mol. The van der Waals surface area contributed by atoms with E-state index < -0.39 is 15.9 Å². The summed E-state index contributed by atoms with van der Waals surface area (Å²) in [6, 6.07) is 20.8. The van der Waals surface area contributed by atoms with Gasteiger partial charge in [-0.2, -0.15) is 0 Å². The van der Waals surface area contributed by atoms with Gasteiger partial charge >= 0.3 is 0 Å². The van der Waals surface area contributed by atoms with Crippen molar-refractivity contribution in [2.45, 2.75) is 18.7 Å². The highest BCUT2D eigenvalue weighted by molar-refractivity contribution is 14.1. The lowest BCUT2D eigenvalue weighted by atomic mass is 10.1. The van der Waals surface area contributed by atoms with Crippen LogP contribution in [0.3, 0.4) is 0 Å². The standard InChI is InChI=1S/C22H21IN2O3S/c1-16-8-13-20(14-17(16)2)25(29(27,28)21-6-4-3-5-7-21)15-22(26)24-19-11-9-18(23)10-12-19/h3-14H,15H2,1-2H3,(H,24,26). The van der Waals surface area contributed by atoms with Crippen LogP contribution in [0, 0.1) is 17.4 Å². The van der Waals surface area contributed by atoms with E-state index >= 15 is 0 Å². The molecule has 1 amide bonds. The van der Waals surface area contributed by atoms with Crippen LogP contribution < -0.4 is 9.62 Å². The molecule has 0 aromatic heterocycles. The monoisotopic (exact) mass is 520 g/mol. The number of nitrogens with zero attached hydrogens (tertiary/aromatic N) is 1. The maximum Gasteiger partial charge on any atom is 0.264 e. The molecule has 0 atom stereocenters.